The van der Waals surface area contributed by atoms with Crippen molar-refractivity contribution in [1.29, 1.82) is 0 Å². The highest BCUT2D eigenvalue weighted by Gasteiger charge is 2.37. The maximum atomic E-state index is 13.1. The molecule has 1 saturated carbocycles. The van der Waals surface area contributed by atoms with Crippen LogP contribution in [0.15, 0.2) is 4.52 Å². The molecule has 1 aliphatic carbocycles. The highest BCUT2D eigenvalue weighted by Crippen LogP contribution is 2.40. The molecule has 0 aromatic carbocycles. The average molecular weight is 271 g/mol. The van der Waals surface area contributed by atoms with Crippen LogP contribution in [0, 0.1) is 0 Å². The van der Waals surface area contributed by atoms with E-state index in [1.54, 1.807) is 0 Å². The molecule has 1 unspecified atom stereocenters. The molecular formula is C13H19F2N3O. The van der Waals surface area contributed by atoms with Crippen LogP contribution in [0.2, 0.25) is 0 Å². The van der Waals surface area contributed by atoms with Crippen LogP contribution in [-0.2, 0) is 0 Å². The summed E-state index contributed by atoms with van der Waals surface area (Å²) in [5.74, 6) is -1.28. The molecule has 3 rings (SSSR count). The van der Waals surface area contributed by atoms with Crippen LogP contribution in [0.25, 0.3) is 0 Å². The summed E-state index contributed by atoms with van der Waals surface area (Å²) in [4.78, 5) is 4.42. The highest BCUT2D eigenvalue weighted by molar-refractivity contribution is 5.01. The molecule has 1 N–H and O–H groups in total. The lowest BCUT2D eigenvalue weighted by Gasteiger charge is -2.25. The van der Waals surface area contributed by atoms with E-state index in [0.29, 0.717) is 24.6 Å². The molecule has 1 aliphatic heterocycles. The standard InChI is InChI=1S/C13H19F2N3O/c14-13(15)6-4-9(5-7-13)12-17-11(18-19-12)10-3-1-2-8-16-10/h9-10,16H,1-8H2. The third kappa shape index (κ3) is 2.94. The van der Waals surface area contributed by atoms with Gasteiger partial charge in [0, 0.05) is 18.8 Å². The van der Waals surface area contributed by atoms with Gasteiger partial charge < -0.3 is 9.84 Å². The fourth-order valence-electron chi connectivity index (χ4n) is 2.91. The van der Waals surface area contributed by atoms with E-state index in [1.165, 1.54) is 6.42 Å². The van der Waals surface area contributed by atoms with E-state index in [1.807, 2.05) is 0 Å². The predicted molar refractivity (Wildman–Crippen MR) is 65.0 cm³/mol. The van der Waals surface area contributed by atoms with Crippen molar-refractivity contribution < 1.29 is 13.3 Å². The Morgan fingerprint density at radius 3 is 2.63 bits per heavy atom. The van der Waals surface area contributed by atoms with E-state index < -0.39 is 5.92 Å². The lowest BCUT2D eigenvalue weighted by Crippen LogP contribution is -2.27. The van der Waals surface area contributed by atoms with E-state index in [4.69, 9.17) is 4.52 Å². The molecule has 0 amide bonds. The molecule has 106 valence electrons. The number of hydrogen-bond acceptors (Lipinski definition) is 4. The summed E-state index contributed by atoms with van der Waals surface area (Å²) in [6, 6.07) is 0.163. The molecule has 0 spiro atoms. The Balaban J connectivity index is 1.64. The van der Waals surface area contributed by atoms with Crippen LogP contribution in [0.1, 0.15) is 68.6 Å². The van der Waals surface area contributed by atoms with E-state index in [2.05, 4.69) is 15.5 Å². The van der Waals surface area contributed by atoms with Gasteiger partial charge in [-0.3, -0.25) is 0 Å². The van der Waals surface area contributed by atoms with Crippen molar-refractivity contribution in [3.63, 3.8) is 0 Å². The monoisotopic (exact) mass is 271 g/mol. The SMILES string of the molecule is FC1(F)CCC(c2nc(C3CCCCN3)no2)CC1. The van der Waals surface area contributed by atoms with Crippen LogP contribution in [0.5, 0.6) is 0 Å². The van der Waals surface area contributed by atoms with Gasteiger partial charge in [-0.05, 0) is 32.2 Å². The predicted octanol–water partition coefficient (Wildman–Crippen LogP) is 3.18. The van der Waals surface area contributed by atoms with Gasteiger partial charge in [-0.1, -0.05) is 11.6 Å². The molecule has 2 aliphatic rings. The van der Waals surface area contributed by atoms with Crippen LogP contribution in [-0.4, -0.2) is 22.6 Å². The van der Waals surface area contributed by atoms with Gasteiger partial charge >= 0.3 is 0 Å². The molecule has 2 fully saturated rings. The molecule has 4 nitrogen and oxygen atoms in total. The lowest BCUT2D eigenvalue weighted by molar-refractivity contribution is -0.0402. The van der Waals surface area contributed by atoms with Gasteiger partial charge in [0.2, 0.25) is 11.8 Å². The molecule has 1 atom stereocenters. The average Bonchev–Trinajstić information content (AvgIpc) is 2.89. The second kappa shape index (κ2) is 5.15. The maximum absolute atomic E-state index is 13.1. The molecule has 1 aromatic rings. The quantitative estimate of drug-likeness (QED) is 0.897. The zero-order chi connectivity index (χ0) is 13.3. The summed E-state index contributed by atoms with van der Waals surface area (Å²) in [6.45, 7) is 0.976. The third-order valence-electron chi connectivity index (χ3n) is 4.15. The Morgan fingerprint density at radius 2 is 1.95 bits per heavy atom. The highest BCUT2D eigenvalue weighted by atomic mass is 19.3. The number of rotatable bonds is 2. The van der Waals surface area contributed by atoms with Gasteiger partial charge in [-0.25, -0.2) is 8.78 Å². The van der Waals surface area contributed by atoms with Crippen molar-refractivity contribution in [1.82, 2.24) is 15.5 Å². The summed E-state index contributed by atoms with van der Waals surface area (Å²) in [7, 11) is 0. The minimum atomic E-state index is -2.51. The van der Waals surface area contributed by atoms with E-state index >= 15 is 0 Å². The van der Waals surface area contributed by atoms with Gasteiger partial charge in [0.05, 0.1) is 6.04 Å². The van der Waals surface area contributed by atoms with Gasteiger partial charge in [-0.2, -0.15) is 4.98 Å². The number of piperidine rings is 1. The van der Waals surface area contributed by atoms with Crippen molar-refractivity contribution in [2.24, 2.45) is 0 Å². The van der Waals surface area contributed by atoms with E-state index in [0.717, 1.165) is 19.4 Å². The minimum absolute atomic E-state index is 0.00413. The third-order valence-corrected chi connectivity index (χ3v) is 4.15. The molecule has 2 heterocycles. The van der Waals surface area contributed by atoms with Gasteiger partial charge in [0.25, 0.3) is 0 Å². The van der Waals surface area contributed by atoms with Gasteiger partial charge in [0.15, 0.2) is 5.82 Å². The van der Waals surface area contributed by atoms with E-state index in [9.17, 15) is 8.78 Å². The van der Waals surface area contributed by atoms with Crippen molar-refractivity contribution in [2.45, 2.75) is 62.8 Å². The fraction of sp³-hybridized carbons (Fsp3) is 0.846. The Kier molecular flexibility index (Phi) is 3.52. The summed E-state index contributed by atoms with van der Waals surface area (Å²) in [6.07, 6.45) is 4.09. The fourth-order valence-corrected chi connectivity index (χ4v) is 2.91. The zero-order valence-electron chi connectivity index (χ0n) is 10.9. The summed E-state index contributed by atoms with van der Waals surface area (Å²) in [5.41, 5.74) is 0. The Labute approximate surface area is 111 Å². The minimum Gasteiger partial charge on any atom is -0.339 e. The second-order valence-electron chi connectivity index (χ2n) is 5.62. The van der Waals surface area contributed by atoms with E-state index in [-0.39, 0.29) is 24.8 Å². The topological polar surface area (TPSA) is 51.0 Å². The van der Waals surface area contributed by atoms with Crippen LogP contribution >= 0.6 is 0 Å². The molecule has 1 saturated heterocycles. The van der Waals surface area contributed by atoms with Gasteiger partial charge in [-0.15, -0.1) is 0 Å². The summed E-state index contributed by atoms with van der Waals surface area (Å²) in [5, 5.41) is 7.38. The molecular weight excluding hydrogens is 252 g/mol. The summed E-state index contributed by atoms with van der Waals surface area (Å²) >= 11 is 0. The first-order valence-corrected chi connectivity index (χ1v) is 7.09. The molecule has 19 heavy (non-hydrogen) atoms. The number of nitrogens with one attached hydrogen (secondary N) is 1. The normalized spacial score (nSPS) is 28.4. The lowest BCUT2D eigenvalue weighted by atomic mass is 9.87. The first-order chi connectivity index (χ1) is 9.14. The van der Waals surface area contributed by atoms with Crippen LogP contribution in [0.3, 0.4) is 0 Å². The van der Waals surface area contributed by atoms with Gasteiger partial charge in [0.1, 0.15) is 0 Å². The smallest absolute Gasteiger partial charge is 0.248 e. The Hall–Kier alpha value is -1.04. The second-order valence-corrected chi connectivity index (χ2v) is 5.62. The van der Waals surface area contributed by atoms with Crippen molar-refractivity contribution in [3.05, 3.63) is 11.7 Å². The number of nitrogens with zero attached hydrogens (tertiary/aromatic N) is 2. The Morgan fingerprint density at radius 1 is 1.16 bits per heavy atom. The van der Waals surface area contributed by atoms with Crippen molar-refractivity contribution in [2.75, 3.05) is 6.54 Å². The maximum Gasteiger partial charge on any atom is 0.248 e. The van der Waals surface area contributed by atoms with Crippen molar-refractivity contribution in [3.8, 4) is 0 Å². The number of hydrogen-bond donors (Lipinski definition) is 1. The van der Waals surface area contributed by atoms with Crippen molar-refractivity contribution >= 4 is 0 Å². The number of halogens is 2. The molecule has 6 heteroatoms. The zero-order valence-corrected chi connectivity index (χ0v) is 10.9. The molecule has 0 bridgehead atoms. The molecule has 1 aromatic heterocycles. The first kappa shape index (κ1) is 13.0. The first-order valence-electron chi connectivity index (χ1n) is 7.09. The largest absolute Gasteiger partial charge is 0.339 e. The number of alkyl halides is 2. The molecule has 0 radical (unpaired) electrons. The Bertz CT molecular complexity index is 419. The summed E-state index contributed by atoms with van der Waals surface area (Å²) < 4.78 is 31.5. The number of aromatic nitrogens is 2. The van der Waals surface area contributed by atoms with Crippen LogP contribution in [0.4, 0.5) is 8.78 Å². The van der Waals surface area contributed by atoms with Crippen LogP contribution < -0.4 is 5.32 Å².